The maximum absolute atomic E-state index is 11.8. The quantitative estimate of drug-likeness (QED) is 0.801. The molecule has 2 fully saturated rings. The van der Waals surface area contributed by atoms with E-state index in [1.165, 1.54) is 19.3 Å². The van der Waals surface area contributed by atoms with Gasteiger partial charge in [-0.05, 0) is 39.2 Å². The van der Waals surface area contributed by atoms with E-state index in [9.17, 15) is 4.79 Å². The highest BCUT2D eigenvalue weighted by Crippen LogP contribution is 2.15. The van der Waals surface area contributed by atoms with Crippen molar-refractivity contribution in [2.24, 2.45) is 0 Å². The summed E-state index contributed by atoms with van der Waals surface area (Å²) >= 11 is 0. The molecule has 0 unspecified atom stereocenters. The van der Waals surface area contributed by atoms with Gasteiger partial charge >= 0.3 is 0 Å². The number of amides is 1. The summed E-state index contributed by atoms with van der Waals surface area (Å²) in [6, 6.07) is 0.553. The van der Waals surface area contributed by atoms with Crippen molar-refractivity contribution in [1.82, 2.24) is 10.2 Å². The summed E-state index contributed by atoms with van der Waals surface area (Å²) in [7, 11) is 0. The molecule has 0 saturated carbocycles. The van der Waals surface area contributed by atoms with Crippen molar-refractivity contribution in [1.29, 1.82) is 0 Å². The number of carbonyl (C=O) groups excluding carboxylic acids is 1. The Hall–Kier alpha value is -0.610. The fraction of sp³-hybridized carbons (Fsp3) is 0.923. The zero-order chi connectivity index (χ0) is 12.1. The lowest BCUT2D eigenvalue weighted by molar-refractivity contribution is -0.123. The van der Waals surface area contributed by atoms with Crippen molar-refractivity contribution in [2.45, 2.75) is 51.2 Å². The second-order valence-electron chi connectivity index (χ2n) is 5.25. The molecule has 2 atom stereocenters. The van der Waals surface area contributed by atoms with E-state index in [0.717, 1.165) is 26.0 Å². The number of rotatable bonds is 4. The molecule has 2 aliphatic rings. The predicted molar refractivity (Wildman–Crippen MR) is 66.9 cm³/mol. The zero-order valence-corrected chi connectivity index (χ0v) is 10.8. The van der Waals surface area contributed by atoms with E-state index in [0.29, 0.717) is 19.1 Å². The summed E-state index contributed by atoms with van der Waals surface area (Å²) in [5.74, 6) is 0.147. The van der Waals surface area contributed by atoms with Gasteiger partial charge in [-0.25, -0.2) is 0 Å². The van der Waals surface area contributed by atoms with Gasteiger partial charge in [0, 0.05) is 19.2 Å². The number of likely N-dealkylation sites (tertiary alicyclic amines) is 1. The molecule has 0 aromatic heterocycles. The molecule has 2 saturated heterocycles. The first-order valence-electron chi connectivity index (χ1n) is 6.88. The number of nitrogens with one attached hydrogen (secondary N) is 1. The van der Waals surface area contributed by atoms with Gasteiger partial charge in [0.05, 0.1) is 12.6 Å². The third-order valence-corrected chi connectivity index (χ3v) is 3.84. The molecule has 98 valence electrons. The monoisotopic (exact) mass is 240 g/mol. The Morgan fingerprint density at radius 3 is 2.94 bits per heavy atom. The Morgan fingerprint density at radius 2 is 2.24 bits per heavy atom. The number of hydrogen-bond acceptors (Lipinski definition) is 3. The van der Waals surface area contributed by atoms with Crippen LogP contribution in [0.5, 0.6) is 0 Å². The van der Waals surface area contributed by atoms with Crippen molar-refractivity contribution in [3.05, 3.63) is 0 Å². The minimum absolute atomic E-state index is 0.147. The van der Waals surface area contributed by atoms with E-state index in [1.54, 1.807) is 0 Å². The van der Waals surface area contributed by atoms with E-state index in [2.05, 4.69) is 17.1 Å². The average molecular weight is 240 g/mol. The van der Waals surface area contributed by atoms with Crippen LogP contribution in [-0.4, -0.2) is 49.2 Å². The molecule has 0 aliphatic carbocycles. The molecular weight excluding hydrogens is 216 g/mol. The first kappa shape index (κ1) is 12.8. The van der Waals surface area contributed by atoms with Gasteiger partial charge in [0.25, 0.3) is 0 Å². The van der Waals surface area contributed by atoms with Crippen molar-refractivity contribution in [2.75, 3.05) is 26.2 Å². The van der Waals surface area contributed by atoms with Crippen molar-refractivity contribution in [3.63, 3.8) is 0 Å². The van der Waals surface area contributed by atoms with E-state index < -0.39 is 0 Å². The lowest BCUT2D eigenvalue weighted by atomic mass is 10.0. The highest BCUT2D eigenvalue weighted by Gasteiger charge is 2.21. The molecular formula is C13H24N2O2. The third-order valence-electron chi connectivity index (χ3n) is 3.84. The normalized spacial score (nSPS) is 30.4. The summed E-state index contributed by atoms with van der Waals surface area (Å²) in [4.78, 5) is 14.1. The second kappa shape index (κ2) is 6.36. The van der Waals surface area contributed by atoms with Gasteiger partial charge in [0.15, 0.2) is 0 Å². The third kappa shape index (κ3) is 3.96. The van der Waals surface area contributed by atoms with Crippen LogP contribution in [0.15, 0.2) is 0 Å². The zero-order valence-electron chi connectivity index (χ0n) is 10.8. The van der Waals surface area contributed by atoms with Gasteiger partial charge in [0.1, 0.15) is 0 Å². The lowest BCUT2D eigenvalue weighted by Crippen LogP contribution is -2.45. The minimum Gasteiger partial charge on any atom is -0.376 e. The SMILES string of the molecule is C[C@@H]1CCCCN1CC(=O)NC[C@@H]1CCCO1. The lowest BCUT2D eigenvalue weighted by Gasteiger charge is -2.32. The van der Waals surface area contributed by atoms with Crippen LogP contribution in [-0.2, 0) is 9.53 Å². The van der Waals surface area contributed by atoms with Gasteiger partial charge in [-0.2, -0.15) is 0 Å². The fourth-order valence-electron chi connectivity index (χ4n) is 2.67. The molecule has 0 radical (unpaired) electrons. The first-order chi connectivity index (χ1) is 8.25. The molecule has 1 amide bonds. The smallest absolute Gasteiger partial charge is 0.234 e. The van der Waals surface area contributed by atoms with Gasteiger partial charge < -0.3 is 10.1 Å². The molecule has 17 heavy (non-hydrogen) atoms. The molecule has 4 nitrogen and oxygen atoms in total. The van der Waals surface area contributed by atoms with Crippen molar-refractivity contribution >= 4 is 5.91 Å². The molecule has 2 aliphatic heterocycles. The molecule has 0 bridgehead atoms. The molecule has 0 spiro atoms. The van der Waals surface area contributed by atoms with Crippen LogP contribution in [0.25, 0.3) is 0 Å². The number of ether oxygens (including phenoxy) is 1. The number of nitrogens with zero attached hydrogens (tertiary/aromatic N) is 1. The summed E-state index contributed by atoms with van der Waals surface area (Å²) < 4.78 is 5.49. The van der Waals surface area contributed by atoms with Crippen LogP contribution in [0.1, 0.15) is 39.0 Å². The topological polar surface area (TPSA) is 41.6 Å². The van der Waals surface area contributed by atoms with E-state index in [1.807, 2.05) is 0 Å². The van der Waals surface area contributed by atoms with E-state index in [-0.39, 0.29) is 12.0 Å². The van der Waals surface area contributed by atoms with Crippen molar-refractivity contribution in [3.8, 4) is 0 Å². The summed E-state index contributed by atoms with van der Waals surface area (Å²) in [6.07, 6.45) is 6.21. The number of piperidine rings is 1. The predicted octanol–water partition coefficient (Wildman–Crippen LogP) is 1.16. The number of carbonyl (C=O) groups is 1. The minimum atomic E-state index is 0.147. The number of hydrogen-bond donors (Lipinski definition) is 1. The van der Waals surface area contributed by atoms with Crippen LogP contribution in [0, 0.1) is 0 Å². The second-order valence-corrected chi connectivity index (χ2v) is 5.25. The Labute approximate surface area is 104 Å². The fourth-order valence-corrected chi connectivity index (χ4v) is 2.67. The first-order valence-corrected chi connectivity index (χ1v) is 6.88. The maximum Gasteiger partial charge on any atom is 0.234 e. The van der Waals surface area contributed by atoms with Gasteiger partial charge in [-0.3, -0.25) is 9.69 Å². The standard InChI is InChI=1S/C13H24N2O2/c1-11-5-2-3-7-15(11)10-13(16)14-9-12-6-4-8-17-12/h11-12H,2-10H2,1H3,(H,14,16)/t11-,12+/m1/s1. The molecule has 0 aromatic rings. The van der Waals surface area contributed by atoms with Crippen LogP contribution in [0.3, 0.4) is 0 Å². The van der Waals surface area contributed by atoms with Gasteiger partial charge in [-0.1, -0.05) is 6.42 Å². The van der Waals surface area contributed by atoms with Crippen LogP contribution < -0.4 is 5.32 Å². The van der Waals surface area contributed by atoms with Gasteiger partial charge in [0.2, 0.25) is 5.91 Å². The maximum atomic E-state index is 11.8. The molecule has 2 heterocycles. The Bertz CT molecular complexity index is 252. The van der Waals surface area contributed by atoms with Crippen LogP contribution in [0.2, 0.25) is 0 Å². The molecule has 1 N–H and O–H groups in total. The van der Waals surface area contributed by atoms with E-state index >= 15 is 0 Å². The Balaban J connectivity index is 1.65. The van der Waals surface area contributed by atoms with Crippen LogP contribution >= 0.6 is 0 Å². The van der Waals surface area contributed by atoms with Gasteiger partial charge in [-0.15, -0.1) is 0 Å². The summed E-state index contributed by atoms with van der Waals surface area (Å²) in [6.45, 7) is 5.36. The molecule has 4 heteroatoms. The molecule has 2 rings (SSSR count). The van der Waals surface area contributed by atoms with E-state index in [4.69, 9.17) is 4.74 Å². The largest absolute Gasteiger partial charge is 0.376 e. The molecule has 0 aromatic carbocycles. The van der Waals surface area contributed by atoms with Crippen LogP contribution in [0.4, 0.5) is 0 Å². The Morgan fingerprint density at radius 1 is 1.35 bits per heavy atom. The average Bonchev–Trinajstić information content (AvgIpc) is 2.82. The summed E-state index contributed by atoms with van der Waals surface area (Å²) in [5.41, 5.74) is 0. The highest BCUT2D eigenvalue weighted by atomic mass is 16.5. The van der Waals surface area contributed by atoms with Crippen molar-refractivity contribution < 1.29 is 9.53 Å². The summed E-state index contributed by atoms with van der Waals surface area (Å²) in [5, 5.41) is 2.99. The Kier molecular flexibility index (Phi) is 4.80. The highest BCUT2D eigenvalue weighted by molar-refractivity contribution is 5.78.